The molecule has 5 nitrogen and oxygen atoms in total. The number of nitrogens with one attached hydrogen (secondary N) is 2. The summed E-state index contributed by atoms with van der Waals surface area (Å²) in [6.45, 7) is 0. The molecular formula is C25H16FN5. The molecule has 0 saturated heterocycles. The van der Waals surface area contributed by atoms with Crippen molar-refractivity contribution in [3.05, 3.63) is 91.3 Å². The Bertz CT molecular complexity index is 1550. The molecule has 0 unspecified atom stereocenters. The summed E-state index contributed by atoms with van der Waals surface area (Å²) in [5.74, 6) is -0.272. The Hall–Kier alpha value is -4.32. The van der Waals surface area contributed by atoms with E-state index < -0.39 is 0 Å². The number of rotatable bonds is 3. The van der Waals surface area contributed by atoms with Gasteiger partial charge in [-0.05, 0) is 35.9 Å². The molecule has 0 saturated carbocycles. The molecule has 4 aromatic heterocycles. The summed E-state index contributed by atoms with van der Waals surface area (Å²) in [4.78, 5) is 11.9. The first-order valence-electron chi connectivity index (χ1n) is 9.88. The van der Waals surface area contributed by atoms with Gasteiger partial charge in [0.2, 0.25) is 0 Å². The zero-order valence-electron chi connectivity index (χ0n) is 16.3. The highest BCUT2D eigenvalue weighted by atomic mass is 19.1. The van der Waals surface area contributed by atoms with Crippen molar-refractivity contribution >= 4 is 21.8 Å². The lowest BCUT2D eigenvalue weighted by Gasteiger charge is -2.03. The molecule has 0 bridgehead atoms. The molecule has 31 heavy (non-hydrogen) atoms. The average Bonchev–Trinajstić information content (AvgIpc) is 3.43. The predicted octanol–water partition coefficient (Wildman–Crippen LogP) is 5.97. The lowest BCUT2D eigenvalue weighted by Crippen LogP contribution is -1.85. The van der Waals surface area contributed by atoms with Crippen LogP contribution >= 0.6 is 0 Å². The van der Waals surface area contributed by atoms with E-state index in [-0.39, 0.29) is 5.82 Å². The van der Waals surface area contributed by atoms with Gasteiger partial charge >= 0.3 is 0 Å². The topological polar surface area (TPSA) is 70.2 Å². The van der Waals surface area contributed by atoms with Crippen molar-refractivity contribution in [3.63, 3.8) is 0 Å². The van der Waals surface area contributed by atoms with Crippen molar-refractivity contribution in [1.82, 2.24) is 25.1 Å². The van der Waals surface area contributed by atoms with E-state index >= 15 is 0 Å². The van der Waals surface area contributed by atoms with Gasteiger partial charge in [-0.1, -0.05) is 30.3 Å². The molecule has 148 valence electrons. The minimum absolute atomic E-state index is 0.272. The van der Waals surface area contributed by atoms with E-state index in [0.29, 0.717) is 5.56 Å². The summed E-state index contributed by atoms with van der Waals surface area (Å²) in [6.07, 6.45) is 7.05. The van der Waals surface area contributed by atoms with Crippen LogP contribution in [0.3, 0.4) is 0 Å². The molecule has 0 amide bonds. The average molecular weight is 405 g/mol. The molecule has 0 atom stereocenters. The van der Waals surface area contributed by atoms with Gasteiger partial charge in [0.25, 0.3) is 0 Å². The van der Waals surface area contributed by atoms with Crippen molar-refractivity contribution in [3.8, 4) is 33.6 Å². The quantitative estimate of drug-likeness (QED) is 0.381. The maximum absolute atomic E-state index is 14.4. The van der Waals surface area contributed by atoms with Crippen LogP contribution in [-0.4, -0.2) is 25.1 Å². The number of hydrogen-bond acceptors (Lipinski definition) is 3. The molecule has 2 aromatic carbocycles. The van der Waals surface area contributed by atoms with Crippen molar-refractivity contribution < 1.29 is 4.39 Å². The highest BCUT2D eigenvalue weighted by molar-refractivity contribution is 6.01. The summed E-state index contributed by atoms with van der Waals surface area (Å²) in [6, 6.07) is 18.9. The lowest BCUT2D eigenvalue weighted by atomic mass is 10.0. The van der Waals surface area contributed by atoms with E-state index in [1.54, 1.807) is 30.7 Å². The molecule has 0 spiro atoms. The van der Waals surface area contributed by atoms with Crippen LogP contribution in [0.25, 0.3) is 55.4 Å². The minimum Gasteiger partial charge on any atom is -0.352 e. The van der Waals surface area contributed by atoms with Crippen LogP contribution in [0.1, 0.15) is 0 Å². The van der Waals surface area contributed by atoms with Crippen LogP contribution in [0.2, 0.25) is 0 Å². The second kappa shape index (κ2) is 6.88. The first-order chi connectivity index (χ1) is 15.3. The molecule has 2 N–H and O–H groups in total. The number of halogens is 1. The van der Waals surface area contributed by atoms with Crippen LogP contribution in [0.15, 0.2) is 85.5 Å². The number of nitrogens with zero attached hydrogens (tertiary/aromatic N) is 3. The summed E-state index contributed by atoms with van der Waals surface area (Å²) >= 11 is 0. The van der Waals surface area contributed by atoms with Crippen LogP contribution in [0.4, 0.5) is 4.39 Å². The van der Waals surface area contributed by atoms with Crippen LogP contribution in [0.5, 0.6) is 0 Å². The van der Waals surface area contributed by atoms with Crippen molar-refractivity contribution in [2.24, 2.45) is 0 Å². The third kappa shape index (κ3) is 2.88. The molecule has 6 rings (SSSR count). The van der Waals surface area contributed by atoms with Crippen molar-refractivity contribution in [2.75, 3.05) is 0 Å². The molecular weight excluding hydrogens is 389 g/mol. The zero-order valence-corrected chi connectivity index (χ0v) is 16.3. The number of pyridine rings is 2. The predicted molar refractivity (Wildman–Crippen MR) is 120 cm³/mol. The first kappa shape index (κ1) is 17.5. The zero-order chi connectivity index (χ0) is 20.8. The molecule has 0 fully saturated rings. The Morgan fingerprint density at radius 2 is 1.65 bits per heavy atom. The molecule has 6 heteroatoms. The Morgan fingerprint density at radius 3 is 2.52 bits per heavy atom. The van der Waals surface area contributed by atoms with Gasteiger partial charge in [-0.25, -0.2) is 4.39 Å². The Labute approximate surface area is 176 Å². The fraction of sp³-hybridized carbons (Fsp3) is 0. The Morgan fingerprint density at radius 1 is 0.710 bits per heavy atom. The molecule has 0 aliphatic heterocycles. The van der Waals surface area contributed by atoms with Gasteiger partial charge in [0.1, 0.15) is 11.5 Å². The van der Waals surface area contributed by atoms with E-state index in [0.717, 1.165) is 49.9 Å². The number of aromatic nitrogens is 5. The standard InChI is InChI=1S/C25H16FN5/c26-21-6-2-1-5-17(21)20-13-28-14-24-18(20)11-23(29-24)25-19-10-15(7-8-22(19)30-31-25)16-4-3-9-27-12-16/h1-14,29H,(H,30,31). The van der Waals surface area contributed by atoms with Gasteiger partial charge < -0.3 is 4.98 Å². The smallest absolute Gasteiger partial charge is 0.131 e. The van der Waals surface area contributed by atoms with Crippen molar-refractivity contribution in [2.45, 2.75) is 0 Å². The molecule has 0 aliphatic rings. The van der Waals surface area contributed by atoms with Gasteiger partial charge in [0.15, 0.2) is 0 Å². The highest BCUT2D eigenvalue weighted by Crippen LogP contribution is 2.35. The second-order valence-corrected chi connectivity index (χ2v) is 7.39. The monoisotopic (exact) mass is 405 g/mol. The maximum Gasteiger partial charge on any atom is 0.131 e. The van der Waals surface area contributed by atoms with Gasteiger partial charge in [-0.15, -0.1) is 0 Å². The fourth-order valence-electron chi connectivity index (χ4n) is 4.01. The summed E-state index contributed by atoms with van der Waals surface area (Å²) < 4.78 is 14.4. The van der Waals surface area contributed by atoms with E-state index in [2.05, 4.69) is 31.2 Å². The summed E-state index contributed by atoms with van der Waals surface area (Å²) in [5.41, 5.74) is 6.79. The van der Waals surface area contributed by atoms with Gasteiger partial charge in [0, 0.05) is 46.1 Å². The third-order valence-electron chi connectivity index (χ3n) is 5.52. The van der Waals surface area contributed by atoms with Gasteiger partial charge in [-0.2, -0.15) is 5.10 Å². The maximum atomic E-state index is 14.4. The number of hydrogen-bond donors (Lipinski definition) is 2. The number of aromatic amines is 2. The second-order valence-electron chi connectivity index (χ2n) is 7.39. The largest absolute Gasteiger partial charge is 0.352 e. The van der Waals surface area contributed by atoms with E-state index in [4.69, 9.17) is 0 Å². The number of fused-ring (bicyclic) bond motifs is 2. The number of benzene rings is 2. The normalized spacial score (nSPS) is 11.4. The fourth-order valence-corrected chi connectivity index (χ4v) is 4.01. The van der Waals surface area contributed by atoms with E-state index in [1.165, 1.54) is 6.07 Å². The Balaban J connectivity index is 1.53. The summed E-state index contributed by atoms with van der Waals surface area (Å²) in [5, 5.41) is 9.54. The minimum atomic E-state index is -0.272. The van der Waals surface area contributed by atoms with Crippen molar-refractivity contribution in [1.29, 1.82) is 0 Å². The third-order valence-corrected chi connectivity index (χ3v) is 5.52. The SMILES string of the molecule is Fc1ccccc1-c1cncc2[nH]c(-c3n[nH]c4ccc(-c5cccnc5)cc34)cc12. The van der Waals surface area contributed by atoms with Gasteiger partial charge in [-0.3, -0.25) is 15.1 Å². The highest BCUT2D eigenvalue weighted by Gasteiger charge is 2.15. The van der Waals surface area contributed by atoms with Crippen LogP contribution < -0.4 is 0 Å². The van der Waals surface area contributed by atoms with E-state index in [1.807, 2.05) is 42.6 Å². The molecule has 4 heterocycles. The number of H-pyrrole nitrogens is 2. The Kier molecular flexibility index (Phi) is 3.89. The van der Waals surface area contributed by atoms with E-state index in [9.17, 15) is 4.39 Å². The molecule has 0 aliphatic carbocycles. The van der Waals surface area contributed by atoms with Gasteiger partial charge in [0.05, 0.1) is 22.9 Å². The first-order valence-corrected chi connectivity index (χ1v) is 9.88. The molecule has 6 aromatic rings. The van der Waals surface area contributed by atoms with Crippen LogP contribution in [-0.2, 0) is 0 Å². The lowest BCUT2D eigenvalue weighted by molar-refractivity contribution is 0.631. The molecule has 0 radical (unpaired) electrons. The van der Waals surface area contributed by atoms with Crippen LogP contribution in [0, 0.1) is 5.82 Å². The summed E-state index contributed by atoms with van der Waals surface area (Å²) in [7, 11) is 0.